The van der Waals surface area contributed by atoms with Crippen LogP contribution in [0, 0.1) is 5.82 Å². The standard InChI is InChI=1S/C21H18BFN4/c1-2-18(14-8-4-3-5-9-14)25-20-12-19(15-10-6-7-11-17(15)23)26-21-16(22)13-24-27(20)21/h3-13,18,25H,2H2,1H3/t18-/m1/s1. The Balaban J connectivity index is 1.83. The predicted octanol–water partition coefficient (Wildman–Crippen LogP) is 3.89. The fourth-order valence-electron chi connectivity index (χ4n) is 3.17. The highest BCUT2D eigenvalue weighted by atomic mass is 19.1. The van der Waals surface area contributed by atoms with E-state index in [1.54, 1.807) is 28.9 Å². The van der Waals surface area contributed by atoms with Crippen molar-refractivity contribution in [1.29, 1.82) is 0 Å². The van der Waals surface area contributed by atoms with Gasteiger partial charge < -0.3 is 5.32 Å². The topological polar surface area (TPSA) is 42.2 Å². The van der Waals surface area contributed by atoms with Crippen LogP contribution in [0.25, 0.3) is 16.9 Å². The molecule has 27 heavy (non-hydrogen) atoms. The molecule has 4 rings (SSSR count). The molecule has 0 bridgehead atoms. The minimum absolute atomic E-state index is 0.0793. The van der Waals surface area contributed by atoms with Gasteiger partial charge in [0.05, 0.1) is 11.7 Å². The largest absolute Gasteiger partial charge is 0.363 e. The van der Waals surface area contributed by atoms with Crippen molar-refractivity contribution in [2.45, 2.75) is 19.4 Å². The molecule has 0 spiro atoms. The Hall–Kier alpha value is -3.15. The van der Waals surface area contributed by atoms with Crippen LogP contribution in [0.2, 0.25) is 0 Å². The first-order valence-corrected chi connectivity index (χ1v) is 8.88. The molecular weight excluding hydrogens is 338 g/mol. The maximum absolute atomic E-state index is 14.3. The van der Waals surface area contributed by atoms with Gasteiger partial charge in [-0.1, -0.05) is 49.4 Å². The molecule has 0 fully saturated rings. The van der Waals surface area contributed by atoms with E-state index in [-0.39, 0.29) is 11.9 Å². The number of aromatic nitrogens is 3. The minimum Gasteiger partial charge on any atom is -0.363 e. The van der Waals surface area contributed by atoms with E-state index in [4.69, 9.17) is 7.85 Å². The molecule has 132 valence electrons. The van der Waals surface area contributed by atoms with Crippen LogP contribution in [-0.4, -0.2) is 22.4 Å². The maximum atomic E-state index is 14.3. The Morgan fingerprint density at radius 1 is 1.11 bits per heavy atom. The molecule has 2 heterocycles. The number of nitrogens with one attached hydrogen (secondary N) is 1. The predicted molar refractivity (Wildman–Crippen MR) is 107 cm³/mol. The van der Waals surface area contributed by atoms with Crippen LogP contribution in [0.15, 0.2) is 66.9 Å². The molecule has 6 heteroatoms. The summed E-state index contributed by atoms with van der Waals surface area (Å²) in [6.07, 6.45) is 2.43. The van der Waals surface area contributed by atoms with E-state index < -0.39 is 0 Å². The van der Waals surface area contributed by atoms with Gasteiger partial charge in [0.1, 0.15) is 19.5 Å². The molecule has 0 saturated heterocycles. The summed E-state index contributed by atoms with van der Waals surface area (Å²) in [5.41, 5.74) is 3.05. The number of nitrogens with zero attached hydrogens (tertiary/aromatic N) is 3. The van der Waals surface area contributed by atoms with Crippen LogP contribution in [0.3, 0.4) is 0 Å². The Morgan fingerprint density at radius 3 is 2.59 bits per heavy atom. The first-order valence-electron chi connectivity index (χ1n) is 8.88. The molecule has 4 nitrogen and oxygen atoms in total. The molecule has 2 radical (unpaired) electrons. The molecule has 0 aliphatic heterocycles. The van der Waals surface area contributed by atoms with Crippen molar-refractivity contribution in [3.8, 4) is 11.3 Å². The van der Waals surface area contributed by atoms with Gasteiger partial charge in [0, 0.05) is 17.8 Å². The lowest BCUT2D eigenvalue weighted by molar-refractivity contribution is 0.630. The summed E-state index contributed by atoms with van der Waals surface area (Å²) in [4.78, 5) is 4.53. The van der Waals surface area contributed by atoms with E-state index in [1.165, 1.54) is 6.07 Å². The third-order valence-electron chi connectivity index (χ3n) is 4.58. The molecule has 0 aliphatic carbocycles. The summed E-state index contributed by atoms with van der Waals surface area (Å²) in [6.45, 7) is 2.11. The van der Waals surface area contributed by atoms with Gasteiger partial charge in [-0.3, -0.25) is 0 Å². The molecule has 0 unspecified atom stereocenters. The molecule has 0 amide bonds. The third kappa shape index (κ3) is 3.30. The second kappa shape index (κ2) is 7.23. The van der Waals surface area contributed by atoms with Crippen LogP contribution >= 0.6 is 0 Å². The van der Waals surface area contributed by atoms with Crippen molar-refractivity contribution in [1.82, 2.24) is 14.6 Å². The molecule has 2 aromatic heterocycles. The SMILES string of the molecule is [B]c1cnn2c(N[C@H](CC)c3ccccc3)cc(-c3ccccc3F)nc12. The van der Waals surface area contributed by atoms with Gasteiger partial charge in [-0.05, 0) is 29.6 Å². The highest BCUT2D eigenvalue weighted by molar-refractivity contribution is 6.36. The Kier molecular flexibility index (Phi) is 4.63. The van der Waals surface area contributed by atoms with Crippen LogP contribution < -0.4 is 10.8 Å². The number of hydrogen-bond acceptors (Lipinski definition) is 3. The molecule has 0 saturated carbocycles. The highest BCUT2D eigenvalue weighted by Gasteiger charge is 2.16. The lowest BCUT2D eigenvalue weighted by Crippen LogP contribution is -2.14. The number of hydrogen-bond donors (Lipinski definition) is 1. The zero-order valence-electron chi connectivity index (χ0n) is 14.9. The number of fused-ring (bicyclic) bond motifs is 1. The first kappa shape index (κ1) is 17.3. The zero-order chi connectivity index (χ0) is 18.8. The van der Waals surface area contributed by atoms with Crippen LogP contribution in [-0.2, 0) is 0 Å². The minimum atomic E-state index is -0.325. The van der Waals surface area contributed by atoms with E-state index >= 15 is 0 Å². The average molecular weight is 356 g/mol. The van der Waals surface area contributed by atoms with Gasteiger partial charge in [0.15, 0.2) is 5.65 Å². The Morgan fingerprint density at radius 2 is 1.85 bits per heavy atom. The highest BCUT2D eigenvalue weighted by Crippen LogP contribution is 2.27. The summed E-state index contributed by atoms with van der Waals surface area (Å²) in [5, 5.41) is 7.84. The Bertz CT molecular complexity index is 1080. The van der Waals surface area contributed by atoms with Crippen molar-refractivity contribution >= 4 is 24.8 Å². The Labute approximate surface area is 158 Å². The summed E-state index contributed by atoms with van der Waals surface area (Å²) in [7, 11) is 6.04. The lowest BCUT2D eigenvalue weighted by atomic mass is 10.0. The third-order valence-corrected chi connectivity index (χ3v) is 4.58. The van der Waals surface area contributed by atoms with Crippen LogP contribution in [0.1, 0.15) is 24.9 Å². The molecular formula is C21H18BFN4. The van der Waals surface area contributed by atoms with Gasteiger partial charge in [-0.15, -0.1) is 0 Å². The number of rotatable bonds is 5. The van der Waals surface area contributed by atoms with Gasteiger partial charge in [0.2, 0.25) is 0 Å². The van der Waals surface area contributed by atoms with Crippen molar-refractivity contribution in [2.24, 2.45) is 0 Å². The summed E-state index contributed by atoms with van der Waals surface area (Å²) >= 11 is 0. The van der Waals surface area contributed by atoms with Gasteiger partial charge in [0.25, 0.3) is 0 Å². The first-order chi connectivity index (χ1) is 13.2. The molecule has 1 N–H and O–H groups in total. The van der Waals surface area contributed by atoms with Crippen molar-refractivity contribution in [3.63, 3.8) is 0 Å². The lowest BCUT2D eigenvalue weighted by Gasteiger charge is -2.20. The number of benzene rings is 2. The van der Waals surface area contributed by atoms with Gasteiger partial charge in [-0.2, -0.15) is 9.61 Å². The molecule has 0 aliphatic rings. The summed E-state index contributed by atoms with van der Waals surface area (Å²) in [5.74, 6) is 0.388. The van der Waals surface area contributed by atoms with Gasteiger partial charge in [-0.25, -0.2) is 9.37 Å². The van der Waals surface area contributed by atoms with E-state index in [0.717, 1.165) is 12.0 Å². The maximum Gasteiger partial charge on any atom is 0.150 e. The zero-order valence-corrected chi connectivity index (χ0v) is 14.9. The fourth-order valence-corrected chi connectivity index (χ4v) is 3.17. The second-order valence-electron chi connectivity index (χ2n) is 6.36. The average Bonchev–Trinajstić information content (AvgIpc) is 3.08. The van der Waals surface area contributed by atoms with E-state index in [1.807, 2.05) is 24.3 Å². The van der Waals surface area contributed by atoms with Crippen molar-refractivity contribution in [3.05, 3.63) is 78.2 Å². The normalized spacial score (nSPS) is 12.2. The monoisotopic (exact) mass is 356 g/mol. The number of anilines is 1. The van der Waals surface area contributed by atoms with Crippen molar-refractivity contribution in [2.75, 3.05) is 5.32 Å². The fraction of sp³-hybridized carbons (Fsp3) is 0.143. The van der Waals surface area contributed by atoms with Gasteiger partial charge >= 0.3 is 0 Å². The van der Waals surface area contributed by atoms with Crippen LogP contribution in [0.4, 0.5) is 10.2 Å². The smallest absolute Gasteiger partial charge is 0.150 e. The molecule has 2 aromatic carbocycles. The second-order valence-corrected chi connectivity index (χ2v) is 6.36. The van der Waals surface area contributed by atoms with E-state index in [9.17, 15) is 4.39 Å². The van der Waals surface area contributed by atoms with Crippen LogP contribution in [0.5, 0.6) is 0 Å². The number of halogens is 1. The summed E-state index contributed by atoms with van der Waals surface area (Å²) in [6, 6.07) is 18.6. The van der Waals surface area contributed by atoms with E-state index in [0.29, 0.717) is 28.2 Å². The molecule has 4 aromatic rings. The quantitative estimate of drug-likeness (QED) is 0.552. The molecule has 1 atom stereocenters. The summed E-state index contributed by atoms with van der Waals surface area (Å²) < 4.78 is 16.0. The van der Waals surface area contributed by atoms with Crippen molar-refractivity contribution < 1.29 is 4.39 Å². The van der Waals surface area contributed by atoms with E-state index in [2.05, 4.69) is 34.5 Å².